The summed E-state index contributed by atoms with van der Waals surface area (Å²) in [6.45, 7) is 4.44. The van der Waals surface area contributed by atoms with Gasteiger partial charge in [-0.25, -0.2) is 0 Å². The van der Waals surface area contributed by atoms with Crippen LogP contribution in [0.3, 0.4) is 0 Å². The van der Waals surface area contributed by atoms with E-state index in [2.05, 4.69) is 0 Å². The van der Waals surface area contributed by atoms with Crippen LogP contribution in [0, 0.1) is 6.92 Å². The normalized spacial score (nSPS) is 16.2. The van der Waals surface area contributed by atoms with Gasteiger partial charge in [-0.3, -0.25) is 14.5 Å². The Hall–Kier alpha value is -5.04. The molecule has 0 saturated carbocycles. The van der Waals surface area contributed by atoms with Gasteiger partial charge >= 0.3 is 0 Å². The molecule has 1 atom stereocenters. The van der Waals surface area contributed by atoms with Crippen molar-refractivity contribution >= 4 is 23.1 Å². The molecule has 0 spiro atoms. The molecule has 0 radical (unpaired) electrons. The highest BCUT2D eigenvalue weighted by Crippen LogP contribution is 2.43. The number of nitrogens with zero attached hydrogens (tertiary/aromatic N) is 1. The van der Waals surface area contributed by atoms with Gasteiger partial charge in [0.1, 0.15) is 28.8 Å². The first kappa shape index (κ1) is 26.6. The van der Waals surface area contributed by atoms with Crippen molar-refractivity contribution in [2.45, 2.75) is 26.3 Å². The maximum atomic E-state index is 13.4. The maximum Gasteiger partial charge on any atom is 0.300 e. The minimum absolute atomic E-state index is 0.0399. The van der Waals surface area contributed by atoms with E-state index < -0.39 is 17.7 Å². The van der Waals surface area contributed by atoms with Crippen LogP contribution >= 0.6 is 0 Å². The number of para-hydroxylation sites is 1. The Morgan fingerprint density at radius 2 is 1.55 bits per heavy atom. The number of benzene rings is 4. The third-order valence-corrected chi connectivity index (χ3v) is 6.66. The fraction of sp³-hybridized carbons (Fsp3) is 0.152. The van der Waals surface area contributed by atoms with Gasteiger partial charge in [0.25, 0.3) is 11.7 Å². The molecule has 1 aliphatic rings. The molecule has 4 aromatic rings. The molecule has 7 heteroatoms. The molecule has 1 heterocycles. The highest BCUT2D eigenvalue weighted by Gasteiger charge is 2.47. The fourth-order valence-corrected chi connectivity index (χ4v) is 4.70. The van der Waals surface area contributed by atoms with E-state index in [1.54, 1.807) is 54.6 Å². The monoisotopic (exact) mass is 535 g/mol. The molecule has 0 aliphatic carbocycles. The van der Waals surface area contributed by atoms with Crippen molar-refractivity contribution in [1.82, 2.24) is 0 Å². The van der Waals surface area contributed by atoms with Crippen molar-refractivity contribution in [3.05, 3.63) is 119 Å². The minimum atomic E-state index is -0.919. The Labute approximate surface area is 232 Å². The highest BCUT2D eigenvalue weighted by molar-refractivity contribution is 6.51. The van der Waals surface area contributed by atoms with Gasteiger partial charge in [-0.05, 0) is 91.2 Å². The van der Waals surface area contributed by atoms with Crippen LogP contribution < -0.4 is 14.4 Å². The third kappa shape index (κ3) is 5.27. The van der Waals surface area contributed by atoms with Crippen LogP contribution in [-0.2, 0) is 9.59 Å². The summed E-state index contributed by atoms with van der Waals surface area (Å²) in [5.41, 5.74) is 2.17. The Bertz CT molecular complexity index is 1560. The summed E-state index contributed by atoms with van der Waals surface area (Å²) in [4.78, 5) is 28.3. The number of carbonyl (C=O) groups is 2. The summed E-state index contributed by atoms with van der Waals surface area (Å²) in [5.74, 6) is 0.108. The summed E-state index contributed by atoms with van der Waals surface area (Å²) < 4.78 is 11.6. The number of aromatic hydroxyl groups is 1. The first-order chi connectivity index (χ1) is 19.4. The number of phenols is 1. The third-order valence-electron chi connectivity index (χ3n) is 6.66. The summed E-state index contributed by atoms with van der Waals surface area (Å²) in [6, 6.07) is 26.6. The minimum Gasteiger partial charge on any atom is -0.508 e. The number of anilines is 1. The molecule has 0 aromatic heterocycles. The van der Waals surface area contributed by atoms with Gasteiger partial charge in [0, 0.05) is 11.3 Å². The predicted octanol–water partition coefficient (Wildman–Crippen LogP) is 6.91. The van der Waals surface area contributed by atoms with Crippen molar-refractivity contribution in [1.29, 1.82) is 0 Å². The summed E-state index contributed by atoms with van der Waals surface area (Å²) in [7, 11) is 0. The summed E-state index contributed by atoms with van der Waals surface area (Å²) >= 11 is 0. The summed E-state index contributed by atoms with van der Waals surface area (Å²) in [5, 5.41) is 21.3. The summed E-state index contributed by atoms with van der Waals surface area (Å²) in [6.07, 6.45) is 0.858. The van der Waals surface area contributed by atoms with Crippen molar-refractivity contribution in [3.8, 4) is 23.0 Å². The van der Waals surface area contributed by atoms with E-state index in [1.807, 2.05) is 44.2 Å². The SMILES string of the molecule is CCCOc1ccc(/C(O)=C2/C(=O)C(=O)N(c3ccc(Oc4ccccc4)cc3)C2c2ccc(O)cc2)cc1C. The number of aliphatic hydroxyl groups excluding tert-OH is 1. The van der Waals surface area contributed by atoms with Crippen molar-refractivity contribution in [2.75, 3.05) is 11.5 Å². The molecule has 4 aromatic carbocycles. The van der Waals surface area contributed by atoms with Crippen LogP contribution in [-0.4, -0.2) is 28.5 Å². The lowest BCUT2D eigenvalue weighted by molar-refractivity contribution is -0.132. The standard InChI is InChI=1S/C33H29NO6/c1-3-19-39-28-18-11-23(20-21(28)2)31(36)29-30(22-9-14-25(35)15-10-22)34(33(38)32(29)37)24-12-16-27(17-13-24)40-26-7-5-4-6-8-26/h4-18,20,30,35-36H,3,19H2,1-2H3/b31-29-. The second-order valence-corrected chi connectivity index (χ2v) is 9.50. The van der Waals surface area contributed by atoms with Crippen LogP contribution in [0.25, 0.3) is 5.76 Å². The van der Waals surface area contributed by atoms with E-state index >= 15 is 0 Å². The zero-order chi connectivity index (χ0) is 28.2. The molecule has 40 heavy (non-hydrogen) atoms. The van der Waals surface area contributed by atoms with Gasteiger partial charge < -0.3 is 19.7 Å². The lowest BCUT2D eigenvalue weighted by atomic mass is 9.94. The van der Waals surface area contributed by atoms with Crippen LogP contribution in [0.5, 0.6) is 23.0 Å². The maximum absolute atomic E-state index is 13.4. The highest BCUT2D eigenvalue weighted by atomic mass is 16.5. The van der Waals surface area contributed by atoms with Crippen molar-refractivity contribution < 1.29 is 29.3 Å². The Morgan fingerprint density at radius 3 is 2.20 bits per heavy atom. The van der Waals surface area contributed by atoms with Gasteiger partial charge in [0.15, 0.2) is 0 Å². The van der Waals surface area contributed by atoms with E-state index in [-0.39, 0.29) is 17.1 Å². The lowest BCUT2D eigenvalue weighted by Gasteiger charge is -2.25. The van der Waals surface area contributed by atoms with Crippen molar-refractivity contribution in [2.24, 2.45) is 0 Å². The lowest BCUT2D eigenvalue weighted by Crippen LogP contribution is -2.29. The van der Waals surface area contributed by atoms with E-state index in [4.69, 9.17) is 9.47 Å². The predicted molar refractivity (Wildman–Crippen MR) is 153 cm³/mol. The van der Waals surface area contributed by atoms with Gasteiger partial charge in [-0.15, -0.1) is 0 Å². The molecule has 5 rings (SSSR count). The largest absolute Gasteiger partial charge is 0.508 e. The topological polar surface area (TPSA) is 96.3 Å². The molecule has 1 saturated heterocycles. The van der Waals surface area contributed by atoms with Crippen LogP contribution in [0.4, 0.5) is 5.69 Å². The van der Waals surface area contributed by atoms with Gasteiger partial charge in [-0.1, -0.05) is 37.3 Å². The number of hydrogen-bond donors (Lipinski definition) is 2. The number of rotatable bonds is 8. The number of ketones is 1. The zero-order valence-corrected chi connectivity index (χ0v) is 22.2. The second-order valence-electron chi connectivity index (χ2n) is 9.50. The van der Waals surface area contributed by atoms with Crippen LogP contribution in [0.1, 0.15) is 36.1 Å². The average Bonchev–Trinajstić information content (AvgIpc) is 3.23. The zero-order valence-electron chi connectivity index (χ0n) is 22.2. The smallest absolute Gasteiger partial charge is 0.300 e. The number of Topliss-reactive ketones (excluding diaryl/α,β-unsaturated/α-hetero) is 1. The van der Waals surface area contributed by atoms with Crippen LogP contribution in [0.2, 0.25) is 0 Å². The molecule has 1 fully saturated rings. The van der Waals surface area contributed by atoms with Crippen molar-refractivity contribution in [3.63, 3.8) is 0 Å². The van der Waals surface area contributed by atoms with Gasteiger partial charge in [-0.2, -0.15) is 0 Å². The molecule has 0 bridgehead atoms. The number of aryl methyl sites for hydroxylation is 1. The number of carbonyl (C=O) groups excluding carboxylic acids is 2. The molecule has 1 amide bonds. The van der Waals surface area contributed by atoms with E-state index in [0.717, 1.165) is 12.0 Å². The second kappa shape index (κ2) is 11.4. The van der Waals surface area contributed by atoms with Gasteiger partial charge in [0.05, 0.1) is 18.2 Å². The molecule has 7 nitrogen and oxygen atoms in total. The Kier molecular flexibility index (Phi) is 7.55. The van der Waals surface area contributed by atoms with E-state index in [0.29, 0.717) is 40.7 Å². The molecule has 2 N–H and O–H groups in total. The first-order valence-electron chi connectivity index (χ1n) is 13.0. The molecule has 202 valence electrons. The molecule has 1 unspecified atom stereocenters. The number of hydrogen-bond acceptors (Lipinski definition) is 6. The Morgan fingerprint density at radius 1 is 0.875 bits per heavy atom. The van der Waals surface area contributed by atoms with Gasteiger partial charge in [0.2, 0.25) is 0 Å². The molecular weight excluding hydrogens is 506 g/mol. The Balaban J connectivity index is 1.56. The fourth-order valence-electron chi connectivity index (χ4n) is 4.70. The van der Waals surface area contributed by atoms with E-state index in [1.165, 1.54) is 17.0 Å². The first-order valence-corrected chi connectivity index (χ1v) is 13.0. The number of amides is 1. The quantitative estimate of drug-likeness (QED) is 0.145. The number of phenolic OH excluding ortho intramolecular Hbond substituents is 1. The average molecular weight is 536 g/mol. The number of ether oxygens (including phenoxy) is 2. The molecular formula is C33H29NO6. The van der Waals surface area contributed by atoms with Crippen LogP contribution in [0.15, 0.2) is 103 Å². The molecule has 1 aliphatic heterocycles. The number of aliphatic hydroxyl groups is 1. The van der Waals surface area contributed by atoms with E-state index in [9.17, 15) is 19.8 Å².